The van der Waals surface area contributed by atoms with Gasteiger partial charge in [0.2, 0.25) is 5.91 Å². The molecule has 0 radical (unpaired) electrons. The molecule has 0 fully saturated rings. The van der Waals surface area contributed by atoms with Gasteiger partial charge in [-0.3, -0.25) is 4.79 Å². The number of methoxy groups -OCH3 is 1. The molecule has 0 atom stereocenters. The van der Waals surface area contributed by atoms with Crippen molar-refractivity contribution < 1.29 is 9.53 Å². The van der Waals surface area contributed by atoms with Crippen LogP contribution in [0.5, 0.6) is 0 Å². The molecular formula is C19H18N4O2. The Labute approximate surface area is 144 Å². The minimum Gasteiger partial charge on any atom is -0.377 e. The number of fused-ring (bicyclic) bond motifs is 2. The summed E-state index contributed by atoms with van der Waals surface area (Å²) < 4.78 is 5.08. The molecule has 0 saturated heterocycles. The van der Waals surface area contributed by atoms with Gasteiger partial charge in [-0.25, -0.2) is 4.98 Å². The topological polar surface area (TPSA) is 82.8 Å². The zero-order chi connectivity index (χ0) is 17.2. The van der Waals surface area contributed by atoms with E-state index in [2.05, 4.69) is 20.3 Å². The van der Waals surface area contributed by atoms with Crippen LogP contribution >= 0.6 is 0 Å². The summed E-state index contributed by atoms with van der Waals surface area (Å²) in [7, 11) is 1.63. The first-order valence-corrected chi connectivity index (χ1v) is 8.05. The van der Waals surface area contributed by atoms with Crippen LogP contribution in [0.15, 0.2) is 48.7 Å². The van der Waals surface area contributed by atoms with Gasteiger partial charge in [0.25, 0.3) is 0 Å². The van der Waals surface area contributed by atoms with E-state index in [1.54, 1.807) is 7.11 Å². The van der Waals surface area contributed by atoms with E-state index in [4.69, 9.17) is 4.74 Å². The lowest BCUT2D eigenvalue weighted by Crippen LogP contribution is -2.14. The van der Waals surface area contributed by atoms with Crippen molar-refractivity contribution >= 4 is 33.5 Å². The van der Waals surface area contributed by atoms with Crippen molar-refractivity contribution in [3.8, 4) is 0 Å². The summed E-state index contributed by atoms with van der Waals surface area (Å²) >= 11 is 0. The molecule has 25 heavy (non-hydrogen) atoms. The number of anilines is 1. The second-order valence-electron chi connectivity index (χ2n) is 5.93. The quantitative estimate of drug-likeness (QED) is 0.523. The van der Waals surface area contributed by atoms with Gasteiger partial charge in [0.15, 0.2) is 0 Å². The number of H-pyrrole nitrogens is 2. The minimum absolute atomic E-state index is 0.0549. The number of imidazole rings is 1. The maximum Gasteiger partial charge on any atom is 0.228 e. The van der Waals surface area contributed by atoms with E-state index in [0.29, 0.717) is 13.0 Å². The van der Waals surface area contributed by atoms with Gasteiger partial charge in [-0.05, 0) is 29.8 Å². The van der Waals surface area contributed by atoms with Crippen LogP contribution in [0.25, 0.3) is 21.9 Å². The number of carbonyl (C=O) groups excluding carboxylic acids is 1. The van der Waals surface area contributed by atoms with E-state index in [1.165, 1.54) is 0 Å². The average Bonchev–Trinajstić information content (AvgIpc) is 3.19. The number of hydrogen-bond acceptors (Lipinski definition) is 3. The number of carbonyl (C=O) groups is 1. The van der Waals surface area contributed by atoms with Crippen LogP contribution in [-0.2, 0) is 22.6 Å². The summed E-state index contributed by atoms with van der Waals surface area (Å²) in [6.45, 7) is 0.428. The molecule has 0 saturated carbocycles. The van der Waals surface area contributed by atoms with Crippen molar-refractivity contribution in [2.45, 2.75) is 13.0 Å². The zero-order valence-corrected chi connectivity index (χ0v) is 13.8. The lowest BCUT2D eigenvalue weighted by Gasteiger charge is -2.05. The zero-order valence-electron chi connectivity index (χ0n) is 13.8. The molecule has 0 aliphatic heterocycles. The van der Waals surface area contributed by atoms with Gasteiger partial charge in [-0.1, -0.05) is 18.2 Å². The van der Waals surface area contributed by atoms with Crippen LogP contribution in [0.4, 0.5) is 5.69 Å². The van der Waals surface area contributed by atoms with E-state index in [-0.39, 0.29) is 5.91 Å². The molecule has 3 N–H and O–H groups in total. The molecule has 2 aromatic carbocycles. The number of hydrogen-bond donors (Lipinski definition) is 3. The second kappa shape index (κ2) is 6.41. The summed E-state index contributed by atoms with van der Waals surface area (Å²) in [5.41, 5.74) is 4.48. The monoisotopic (exact) mass is 334 g/mol. The predicted molar refractivity (Wildman–Crippen MR) is 97.4 cm³/mol. The van der Waals surface area contributed by atoms with Crippen LogP contribution in [0, 0.1) is 0 Å². The molecule has 1 amide bonds. The second-order valence-corrected chi connectivity index (χ2v) is 5.93. The average molecular weight is 334 g/mol. The van der Waals surface area contributed by atoms with Gasteiger partial charge >= 0.3 is 0 Å². The van der Waals surface area contributed by atoms with E-state index in [0.717, 1.165) is 39.0 Å². The van der Waals surface area contributed by atoms with Crippen LogP contribution in [0.3, 0.4) is 0 Å². The highest BCUT2D eigenvalue weighted by molar-refractivity contribution is 5.97. The molecule has 4 rings (SSSR count). The van der Waals surface area contributed by atoms with Crippen LogP contribution in [0.2, 0.25) is 0 Å². The number of nitrogens with zero attached hydrogens (tertiary/aromatic N) is 1. The van der Waals surface area contributed by atoms with Crippen molar-refractivity contribution in [1.29, 1.82) is 0 Å². The fraction of sp³-hybridized carbons (Fsp3) is 0.158. The largest absolute Gasteiger partial charge is 0.377 e. The molecule has 2 aromatic heterocycles. The van der Waals surface area contributed by atoms with Gasteiger partial charge in [0.05, 0.1) is 17.5 Å². The minimum atomic E-state index is -0.0549. The summed E-state index contributed by atoms with van der Waals surface area (Å²) in [6, 6.07) is 13.6. The van der Waals surface area contributed by atoms with Gasteiger partial charge in [0.1, 0.15) is 12.4 Å². The third kappa shape index (κ3) is 3.12. The molecule has 0 bridgehead atoms. The van der Waals surface area contributed by atoms with Crippen LogP contribution in [-0.4, -0.2) is 28.0 Å². The van der Waals surface area contributed by atoms with Gasteiger partial charge in [0, 0.05) is 29.9 Å². The maximum atomic E-state index is 12.4. The predicted octanol–water partition coefficient (Wildman–Crippen LogP) is 3.37. The summed E-state index contributed by atoms with van der Waals surface area (Å²) in [4.78, 5) is 23.2. The fourth-order valence-electron chi connectivity index (χ4n) is 3.00. The molecule has 6 heteroatoms. The number of aromatic amines is 2. The molecule has 0 aliphatic rings. The smallest absolute Gasteiger partial charge is 0.228 e. The third-order valence-corrected chi connectivity index (χ3v) is 4.12. The number of para-hydroxylation sites is 1. The van der Waals surface area contributed by atoms with E-state index in [9.17, 15) is 4.79 Å². The van der Waals surface area contributed by atoms with E-state index >= 15 is 0 Å². The fourth-order valence-corrected chi connectivity index (χ4v) is 3.00. The molecule has 0 aliphatic carbocycles. The van der Waals surface area contributed by atoms with E-state index in [1.807, 2.05) is 48.7 Å². The van der Waals surface area contributed by atoms with Gasteiger partial charge in [-0.2, -0.15) is 0 Å². The Balaban J connectivity index is 1.51. The first-order valence-electron chi connectivity index (χ1n) is 8.05. The molecule has 6 nitrogen and oxygen atoms in total. The number of aromatic nitrogens is 3. The Morgan fingerprint density at radius 1 is 1.20 bits per heavy atom. The first-order chi connectivity index (χ1) is 12.2. The van der Waals surface area contributed by atoms with E-state index < -0.39 is 0 Å². The number of nitrogens with one attached hydrogen (secondary N) is 3. The third-order valence-electron chi connectivity index (χ3n) is 4.12. The highest BCUT2D eigenvalue weighted by atomic mass is 16.5. The van der Waals surface area contributed by atoms with Gasteiger partial charge < -0.3 is 20.0 Å². The highest BCUT2D eigenvalue weighted by Crippen LogP contribution is 2.20. The number of rotatable bonds is 5. The van der Waals surface area contributed by atoms with Gasteiger partial charge in [-0.15, -0.1) is 0 Å². The molecule has 126 valence electrons. The standard InChI is InChI=1S/C19H18N4O2/c1-25-11-18-22-16-7-6-13(9-17(16)23-18)21-19(24)8-12-10-20-15-5-3-2-4-14(12)15/h2-7,9-10,20H,8,11H2,1H3,(H,21,24)(H,22,23). The molecule has 0 spiro atoms. The Kier molecular flexibility index (Phi) is 3.95. The summed E-state index contributed by atoms with van der Waals surface area (Å²) in [6.07, 6.45) is 2.21. The molecular weight excluding hydrogens is 316 g/mol. The number of benzene rings is 2. The SMILES string of the molecule is COCc1nc2ccc(NC(=O)Cc3c[nH]c4ccccc34)cc2[nH]1. The van der Waals surface area contributed by atoms with Crippen molar-refractivity contribution in [1.82, 2.24) is 15.0 Å². The summed E-state index contributed by atoms with van der Waals surface area (Å²) in [5, 5.41) is 4.02. The van der Waals surface area contributed by atoms with Crippen molar-refractivity contribution in [3.05, 3.63) is 60.0 Å². The Hall–Kier alpha value is -3.12. The Morgan fingerprint density at radius 2 is 2.08 bits per heavy atom. The Bertz CT molecular complexity index is 1050. The molecule has 0 unspecified atom stereocenters. The molecule has 2 heterocycles. The first kappa shape index (κ1) is 15.4. The lowest BCUT2D eigenvalue weighted by atomic mass is 10.1. The number of ether oxygens (including phenoxy) is 1. The van der Waals surface area contributed by atoms with Crippen molar-refractivity contribution in [2.24, 2.45) is 0 Å². The van der Waals surface area contributed by atoms with Crippen molar-refractivity contribution in [2.75, 3.05) is 12.4 Å². The lowest BCUT2D eigenvalue weighted by molar-refractivity contribution is -0.115. The summed E-state index contributed by atoms with van der Waals surface area (Å²) in [5.74, 6) is 0.709. The van der Waals surface area contributed by atoms with Crippen LogP contribution < -0.4 is 5.32 Å². The maximum absolute atomic E-state index is 12.4. The Morgan fingerprint density at radius 3 is 2.96 bits per heavy atom. The highest BCUT2D eigenvalue weighted by Gasteiger charge is 2.10. The van der Waals surface area contributed by atoms with Crippen LogP contribution in [0.1, 0.15) is 11.4 Å². The van der Waals surface area contributed by atoms with Crippen molar-refractivity contribution in [3.63, 3.8) is 0 Å². The molecule has 4 aromatic rings. The normalized spacial score (nSPS) is 11.2. The number of amides is 1.